The van der Waals surface area contributed by atoms with E-state index in [0.29, 0.717) is 33.1 Å². The highest BCUT2D eigenvalue weighted by Gasteiger charge is 2.14. The van der Waals surface area contributed by atoms with Gasteiger partial charge in [-0.15, -0.1) is 12.4 Å². The minimum absolute atomic E-state index is 0. The van der Waals surface area contributed by atoms with Gasteiger partial charge in [0, 0.05) is 28.2 Å². The van der Waals surface area contributed by atoms with Crippen LogP contribution < -0.4 is 14.8 Å². The lowest BCUT2D eigenvalue weighted by Gasteiger charge is -2.17. The van der Waals surface area contributed by atoms with Gasteiger partial charge in [-0.05, 0) is 42.3 Å². The summed E-state index contributed by atoms with van der Waals surface area (Å²) in [6.45, 7) is 3.03. The molecule has 0 fully saturated rings. The van der Waals surface area contributed by atoms with Crippen LogP contribution in [-0.2, 0) is 13.2 Å². The molecule has 0 saturated heterocycles. The van der Waals surface area contributed by atoms with Gasteiger partial charge < -0.3 is 14.8 Å². The first-order chi connectivity index (χ1) is 14.0. The molecule has 0 heterocycles. The lowest BCUT2D eigenvalue weighted by molar-refractivity contribution is 0.284. The summed E-state index contributed by atoms with van der Waals surface area (Å²) in [7, 11) is 1.59. The number of rotatable bonds is 8. The quantitative estimate of drug-likeness (QED) is 0.357. The van der Waals surface area contributed by atoms with E-state index >= 15 is 0 Å². The lowest BCUT2D eigenvalue weighted by Crippen LogP contribution is -2.18. The summed E-state index contributed by atoms with van der Waals surface area (Å²) in [6.07, 6.45) is 0. The van der Waals surface area contributed by atoms with Gasteiger partial charge in [-0.2, -0.15) is 0 Å². The molecule has 3 nitrogen and oxygen atoms in total. The van der Waals surface area contributed by atoms with Gasteiger partial charge in [0.15, 0.2) is 11.5 Å². The number of nitrogens with one attached hydrogen (secondary N) is 1. The number of methoxy groups -OCH3 is 1. The molecule has 7 heteroatoms. The molecule has 3 aromatic carbocycles. The Hall–Kier alpha value is -1.62. The molecule has 1 atom stereocenters. The van der Waals surface area contributed by atoms with Crippen LogP contribution in [0.1, 0.15) is 29.7 Å². The fraction of sp³-hybridized carbons (Fsp3) is 0.217. The molecule has 30 heavy (non-hydrogen) atoms. The molecule has 0 spiro atoms. The third-order valence-electron chi connectivity index (χ3n) is 4.59. The third-order valence-corrected chi connectivity index (χ3v) is 5.46. The van der Waals surface area contributed by atoms with Crippen molar-refractivity contribution in [1.29, 1.82) is 0 Å². The van der Waals surface area contributed by atoms with E-state index in [-0.39, 0.29) is 25.1 Å². The largest absolute Gasteiger partial charge is 0.493 e. The summed E-state index contributed by atoms with van der Waals surface area (Å²) in [4.78, 5) is 0. The minimum Gasteiger partial charge on any atom is -0.493 e. The standard InChI is InChI=1S/C23H22Cl3NO2.ClH/c1-15(17-6-4-3-5-7-17)27-13-16-10-21(26)23(22(11-16)28-2)29-14-18-8-9-19(24)12-20(18)25;/h3-12,15,27H,13-14H2,1-2H3;1H. The van der Waals surface area contributed by atoms with Crippen LogP contribution in [0.3, 0.4) is 0 Å². The van der Waals surface area contributed by atoms with Crippen molar-refractivity contribution in [3.8, 4) is 11.5 Å². The summed E-state index contributed by atoms with van der Waals surface area (Å²) < 4.78 is 11.4. The zero-order valence-electron chi connectivity index (χ0n) is 16.6. The van der Waals surface area contributed by atoms with Crippen molar-refractivity contribution < 1.29 is 9.47 Å². The second-order valence-electron chi connectivity index (χ2n) is 6.65. The highest BCUT2D eigenvalue weighted by atomic mass is 35.5. The van der Waals surface area contributed by atoms with Crippen molar-refractivity contribution in [2.75, 3.05) is 7.11 Å². The smallest absolute Gasteiger partial charge is 0.180 e. The third kappa shape index (κ3) is 6.44. The Kier molecular flexibility index (Phi) is 9.60. The van der Waals surface area contributed by atoms with Crippen molar-refractivity contribution in [2.24, 2.45) is 0 Å². The second kappa shape index (κ2) is 11.7. The maximum atomic E-state index is 6.49. The summed E-state index contributed by atoms with van der Waals surface area (Å²) in [5.41, 5.74) is 3.05. The van der Waals surface area contributed by atoms with Crippen LogP contribution in [0.15, 0.2) is 60.7 Å². The average molecular weight is 487 g/mol. The first-order valence-corrected chi connectivity index (χ1v) is 10.3. The molecule has 3 aromatic rings. The van der Waals surface area contributed by atoms with Gasteiger partial charge in [0.05, 0.1) is 12.1 Å². The Balaban J connectivity index is 0.00000320. The Bertz CT molecular complexity index is 967. The average Bonchev–Trinajstić information content (AvgIpc) is 2.72. The van der Waals surface area contributed by atoms with Crippen LogP contribution >= 0.6 is 47.2 Å². The zero-order valence-corrected chi connectivity index (χ0v) is 19.7. The van der Waals surface area contributed by atoms with E-state index in [2.05, 4.69) is 24.4 Å². The van der Waals surface area contributed by atoms with Crippen LogP contribution in [0, 0.1) is 0 Å². The molecule has 0 bridgehead atoms. The molecular formula is C23H23Cl4NO2. The van der Waals surface area contributed by atoms with E-state index in [9.17, 15) is 0 Å². The maximum absolute atomic E-state index is 6.49. The number of hydrogen-bond acceptors (Lipinski definition) is 3. The molecule has 0 radical (unpaired) electrons. The minimum atomic E-state index is 0. The van der Waals surface area contributed by atoms with Crippen LogP contribution in [0.2, 0.25) is 15.1 Å². The summed E-state index contributed by atoms with van der Waals surface area (Å²) in [5.74, 6) is 1.06. The number of halogens is 4. The van der Waals surface area contributed by atoms with Crippen LogP contribution in [-0.4, -0.2) is 7.11 Å². The number of ether oxygens (including phenoxy) is 2. The van der Waals surface area contributed by atoms with Gasteiger partial charge in [0.25, 0.3) is 0 Å². The Morgan fingerprint density at radius 2 is 1.67 bits per heavy atom. The van der Waals surface area contributed by atoms with Crippen molar-refractivity contribution in [3.63, 3.8) is 0 Å². The normalized spacial score (nSPS) is 11.5. The number of benzene rings is 3. The molecule has 160 valence electrons. The molecule has 1 N–H and O–H groups in total. The van der Waals surface area contributed by atoms with Gasteiger partial charge in [-0.3, -0.25) is 0 Å². The lowest BCUT2D eigenvalue weighted by atomic mass is 10.1. The van der Waals surface area contributed by atoms with Crippen molar-refractivity contribution in [2.45, 2.75) is 26.1 Å². The van der Waals surface area contributed by atoms with E-state index in [1.54, 1.807) is 19.2 Å². The number of hydrogen-bond donors (Lipinski definition) is 1. The summed E-state index contributed by atoms with van der Waals surface area (Å²) in [6, 6.07) is 19.6. The Morgan fingerprint density at radius 3 is 2.33 bits per heavy atom. The maximum Gasteiger partial charge on any atom is 0.180 e. The van der Waals surface area contributed by atoms with E-state index in [1.807, 2.05) is 36.4 Å². The topological polar surface area (TPSA) is 30.5 Å². The molecule has 0 saturated carbocycles. The predicted molar refractivity (Wildman–Crippen MR) is 128 cm³/mol. The van der Waals surface area contributed by atoms with E-state index in [0.717, 1.165) is 11.1 Å². The van der Waals surface area contributed by atoms with Crippen molar-refractivity contribution >= 4 is 47.2 Å². The first-order valence-electron chi connectivity index (χ1n) is 9.19. The molecule has 0 aliphatic heterocycles. The molecule has 0 aliphatic rings. The molecule has 0 aliphatic carbocycles. The van der Waals surface area contributed by atoms with Crippen LogP contribution in [0.4, 0.5) is 0 Å². The van der Waals surface area contributed by atoms with Gasteiger partial charge >= 0.3 is 0 Å². The fourth-order valence-electron chi connectivity index (χ4n) is 2.93. The molecule has 0 amide bonds. The van der Waals surface area contributed by atoms with E-state index < -0.39 is 0 Å². The summed E-state index contributed by atoms with van der Waals surface area (Å²) in [5, 5.41) is 5.11. The second-order valence-corrected chi connectivity index (χ2v) is 7.90. The van der Waals surface area contributed by atoms with Crippen LogP contribution in [0.5, 0.6) is 11.5 Å². The Labute approximate surface area is 198 Å². The summed E-state index contributed by atoms with van der Waals surface area (Å²) >= 11 is 18.7. The zero-order chi connectivity index (χ0) is 20.8. The van der Waals surface area contributed by atoms with Crippen LogP contribution in [0.25, 0.3) is 0 Å². The highest BCUT2D eigenvalue weighted by molar-refractivity contribution is 6.35. The first kappa shape index (κ1) is 24.6. The fourth-order valence-corrected chi connectivity index (χ4v) is 3.69. The monoisotopic (exact) mass is 485 g/mol. The molecular weight excluding hydrogens is 464 g/mol. The predicted octanol–water partition coefficient (Wildman–Crippen LogP) is 7.51. The SMILES string of the molecule is COc1cc(CNC(C)c2ccccc2)cc(Cl)c1OCc1ccc(Cl)cc1Cl.Cl. The van der Waals surface area contributed by atoms with E-state index in [1.165, 1.54) is 5.56 Å². The van der Waals surface area contributed by atoms with Gasteiger partial charge in [0.1, 0.15) is 6.61 Å². The molecule has 3 rings (SSSR count). The van der Waals surface area contributed by atoms with E-state index in [4.69, 9.17) is 44.3 Å². The van der Waals surface area contributed by atoms with Crippen molar-refractivity contribution in [3.05, 3.63) is 92.4 Å². The van der Waals surface area contributed by atoms with Gasteiger partial charge in [0.2, 0.25) is 0 Å². The van der Waals surface area contributed by atoms with Crippen molar-refractivity contribution in [1.82, 2.24) is 5.32 Å². The highest BCUT2D eigenvalue weighted by Crippen LogP contribution is 2.37. The molecule has 0 aromatic heterocycles. The van der Waals surface area contributed by atoms with Gasteiger partial charge in [-0.25, -0.2) is 0 Å². The Morgan fingerprint density at radius 1 is 0.933 bits per heavy atom. The molecule has 1 unspecified atom stereocenters. The van der Waals surface area contributed by atoms with Gasteiger partial charge in [-0.1, -0.05) is 71.2 Å².